The summed E-state index contributed by atoms with van der Waals surface area (Å²) in [5.74, 6) is -0.201. The van der Waals surface area contributed by atoms with Gasteiger partial charge in [-0.1, -0.05) is 23.7 Å². The van der Waals surface area contributed by atoms with Gasteiger partial charge in [0.05, 0.1) is 10.9 Å². The molecule has 0 bridgehead atoms. The molecule has 4 rings (SSSR count). The van der Waals surface area contributed by atoms with Gasteiger partial charge in [0.25, 0.3) is 5.56 Å². The molecule has 0 aliphatic rings. The smallest absolute Gasteiger partial charge is 0.352 e. The zero-order valence-electron chi connectivity index (χ0n) is 21.8. The Morgan fingerprint density at radius 1 is 1.08 bits per heavy atom. The summed E-state index contributed by atoms with van der Waals surface area (Å²) in [6.07, 6.45) is -3.16. The molecule has 1 N–H and O–H groups in total. The van der Waals surface area contributed by atoms with Gasteiger partial charge in [-0.15, -0.1) is 0 Å². The Morgan fingerprint density at radius 3 is 2.46 bits per heavy atom. The number of fused-ring (bicyclic) bond motifs is 1. The van der Waals surface area contributed by atoms with Crippen LogP contribution in [0.2, 0.25) is 5.02 Å². The quantitative estimate of drug-likeness (QED) is 0.330. The molecular formula is C28H27ClF3N5O2. The van der Waals surface area contributed by atoms with E-state index < -0.39 is 23.2 Å². The number of hydrogen-bond acceptors (Lipinski definition) is 5. The van der Waals surface area contributed by atoms with Gasteiger partial charge in [-0.2, -0.15) is 13.2 Å². The number of nitrogens with zero attached hydrogens (tertiary/aromatic N) is 4. The van der Waals surface area contributed by atoms with E-state index in [4.69, 9.17) is 11.6 Å². The number of rotatable bonds is 7. The summed E-state index contributed by atoms with van der Waals surface area (Å²) in [5, 5.41) is 3.25. The minimum absolute atomic E-state index is 0.0715. The summed E-state index contributed by atoms with van der Waals surface area (Å²) in [6.45, 7) is 3.57. The number of halogens is 4. The van der Waals surface area contributed by atoms with E-state index in [9.17, 15) is 22.8 Å². The lowest BCUT2D eigenvalue weighted by molar-refractivity contribution is -0.137. The summed E-state index contributed by atoms with van der Waals surface area (Å²) < 4.78 is 42.3. The number of benzene rings is 2. The molecule has 1 amide bonds. The second-order valence-corrected chi connectivity index (χ2v) is 10.2. The second kappa shape index (κ2) is 11.2. The molecule has 2 heterocycles. The van der Waals surface area contributed by atoms with Gasteiger partial charge in [-0.25, -0.2) is 9.97 Å². The maximum atomic E-state index is 13.7. The number of alkyl halides is 3. The zero-order chi connectivity index (χ0) is 28.5. The normalized spacial score (nSPS) is 11.9. The van der Waals surface area contributed by atoms with Gasteiger partial charge in [0, 0.05) is 34.9 Å². The average molecular weight is 558 g/mol. The minimum Gasteiger partial charge on any atom is -0.352 e. The van der Waals surface area contributed by atoms with Crippen LogP contribution in [-0.2, 0) is 24.1 Å². The Morgan fingerprint density at radius 2 is 1.82 bits per heavy atom. The molecule has 7 nitrogen and oxygen atoms in total. The van der Waals surface area contributed by atoms with Crippen LogP contribution in [-0.4, -0.2) is 45.5 Å². The molecule has 11 heteroatoms. The van der Waals surface area contributed by atoms with E-state index in [1.54, 1.807) is 63.2 Å². The highest BCUT2D eigenvalue weighted by atomic mass is 35.5. The Balaban J connectivity index is 1.92. The fourth-order valence-electron chi connectivity index (χ4n) is 4.25. The molecule has 204 valence electrons. The molecular weight excluding hydrogens is 531 g/mol. The lowest BCUT2D eigenvalue weighted by Crippen LogP contribution is -2.37. The first-order valence-electron chi connectivity index (χ1n) is 12.1. The van der Waals surface area contributed by atoms with Gasteiger partial charge in [-0.3, -0.25) is 14.2 Å². The minimum atomic E-state index is -4.55. The van der Waals surface area contributed by atoms with Crippen LogP contribution >= 0.6 is 11.6 Å². The lowest BCUT2D eigenvalue weighted by Gasteiger charge is -2.16. The van der Waals surface area contributed by atoms with Crippen molar-refractivity contribution >= 4 is 28.5 Å². The molecule has 0 aliphatic carbocycles. The number of hydrogen-bond donors (Lipinski definition) is 1. The molecule has 2 aromatic heterocycles. The van der Waals surface area contributed by atoms with E-state index in [0.717, 1.165) is 12.1 Å². The van der Waals surface area contributed by atoms with E-state index in [-0.39, 0.29) is 35.0 Å². The molecule has 0 spiro atoms. The third kappa shape index (κ3) is 6.63. The largest absolute Gasteiger partial charge is 0.416 e. The molecule has 4 aromatic rings. The first-order valence-corrected chi connectivity index (χ1v) is 12.5. The van der Waals surface area contributed by atoms with Crippen LogP contribution in [0.1, 0.15) is 25.0 Å². The van der Waals surface area contributed by atoms with Crippen LogP contribution in [0, 0.1) is 0 Å². The van der Waals surface area contributed by atoms with Crippen LogP contribution in [0.15, 0.2) is 59.5 Å². The predicted octanol–water partition coefficient (Wildman–Crippen LogP) is 5.38. The summed E-state index contributed by atoms with van der Waals surface area (Å²) in [7, 11) is 3.52. The van der Waals surface area contributed by atoms with Crippen LogP contribution < -0.4 is 10.9 Å². The second-order valence-electron chi connectivity index (χ2n) is 9.81. The van der Waals surface area contributed by atoms with E-state index in [2.05, 4.69) is 15.3 Å². The van der Waals surface area contributed by atoms with E-state index in [0.29, 0.717) is 28.3 Å². The molecule has 0 saturated carbocycles. The van der Waals surface area contributed by atoms with E-state index >= 15 is 0 Å². The van der Waals surface area contributed by atoms with Crippen molar-refractivity contribution in [3.05, 3.63) is 81.2 Å². The Hall–Kier alpha value is -3.76. The summed E-state index contributed by atoms with van der Waals surface area (Å²) in [6, 6.07) is 11.8. The Bertz CT molecular complexity index is 1600. The number of aromatic nitrogens is 3. The van der Waals surface area contributed by atoms with Crippen LogP contribution in [0.5, 0.6) is 0 Å². The molecule has 0 saturated heterocycles. The van der Waals surface area contributed by atoms with Gasteiger partial charge in [0.2, 0.25) is 5.91 Å². The van der Waals surface area contributed by atoms with Crippen molar-refractivity contribution in [3.63, 3.8) is 0 Å². The maximum Gasteiger partial charge on any atom is 0.416 e. The van der Waals surface area contributed by atoms with Crippen molar-refractivity contribution in [2.75, 3.05) is 14.1 Å². The van der Waals surface area contributed by atoms with Crippen molar-refractivity contribution in [2.24, 2.45) is 0 Å². The number of carbonyl (C=O) groups is 1. The first-order chi connectivity index (χ1) is 18.3. The summed E-state index contributed by atoms with van der Waals surface area (Å²) in [4.78, 5) is 37.0. The van der Waals surface area contributed by atoms with E-state index in [1.807, 2.05) is 0 Å². The number of pyridine rings is 1. The summed E-state index contributed by atoms with van der Waals surface area (Å²) >= 11 is 6.16. The molecule has 0 aliphatic heterocycles. The first kappa shape index (κ1) is 28.3. The molecule has 2 aromatic carbocycles. The maximum absolute atomic E-state index is 13.7. The van der Waals surface area contributed by atoms with Crippen molar-refractivity contribution in [1.82, 2.24) is 24.8 Å². The summed E-state index contributed by atoms with van der Waals surface area (Å²) in [5.41, 5.74) is 0.301. The van der Waals surface area contributed by atoms with Gasteiger partial charge in [0.15, 0.2) is 5.65 Å². The predicted molar refractivity (Wildman–Crippen MR) is 145 cm³/mol. The molecule has 0 radical (unpaired) electrons. The van der Waals surface area contributed by atoms with Crippen LogP contribution in [0.3, 0.4) is 0 Å². The third-order valence-electron chi connectivity index (χ3n) is 5.80. The van der Waals surface area contributed by atoms with Crippen molar-refractivity contribution in [2.45, 2.75) is 39.2 Å². The van der Waals surface area contributed by atoms with Crippen LogP contribution in [0.25, 0.3) is 33.5 Å². The van der Waals surface area contributed by atoms with Gasteiger partial charge in [0.1, 0.15) is 12.4 Å². The fourth-order valence-corrected chi connectivity index (χ4v) is 4.44. The topological polar surface area (TPSA) is 80.1 Å². The van der Waals surface area contributed by atoms with Crippen LogP contribution in [0.4, 0.5) is 13.2 Å². The van der Waals surface area contributed by atoms with Gasteiger partial charge in [-0.05, 0) is 75.5 Å². The van der Waals surface area contributed by atoms with E-state index in [1.165, 1.54) is 16.8 Å². The molecule has 0 atom stereocenters. The molecule has 0 fully saturated rings. The highest BCUT2D eigenvalue weighted by molar-refractivity contribution is 6.30. The lowest BCUT2D eigenvalue weighted by atomic mass is 9.99. The zero-order valence-corrected chi connectivity index (χ0v) is 22.6. The Labute approximate surface area is 228 Å². The Kier molecular flexibility index (Phi) is 8.08. The molecule has 39 heavy (non-hydrogen) atoms. The average Bonchev–Trinajstić information content (AvgIpc) is 2.84. The van der Waals surface area contributed by atoms with Gasteiger partial charge < -0.3 is 10.2 Å². The third-order valence-corrected chi connectivity index (χ3v) is 6.03. The SMILES string of the molecule is CC(C)NC(=O)Cn1c(-c2cccc(Cl)c2)nc2ncc(-c3cc(CN(C)C)cc(C(F)(F)F)c3)cc2c1=O. The standard InChI is InChI=1S/C28H27ClF3N5O2/c1-16(2)34-24(38)15-37-26(18-6-5-7-22(29)11-18)35-25-23(27(37)39)12-20(13-33-25)19-8-17(14-36(3)4)9-21(10-19)28(30,31)32/h5-13,16H,14-15H2,1-4H3,(H,34,38). The molecule has 0 unspecified atom stereocenters. The highest BCUT2D eigenvalue weighted by Crippen LogP contribution is 2.34. The fraction of sp³-hybridized carbons (Fsp3) is 0.286. The monoisotopic (exact) mass is 557 g/mol. The van der Waals surface area contributed by atoms with Crippen molar-refractivity contribution < 1.29 is 18.0 Å². The number of amides is 1. The van der Waals surface area contributed by atoms with Crippen molar-refractivity contribution in [3.8, 4) is 22.5 Å². The van der Waals surface area contributed by atoms with Gasteiger partial charge >= 0.3 is 6.18 Å². The number of nitrogens with one attached hydrogen (secondary N) is 1. The van der Waals surface area contributed by atoms with Crippen molar-refractivity contribution in [1.29, 1.82) is 0 Å². The highest BCUT2D eigenvalue weighted by Gasteiger charge is 2.31. The number of carbonyl (C=O) groups excluding carboxylic acids is 1.